The van der Waals surface area contributed by atoms with Crippen molar-refractivity contribution in [2.24, 2.45) is 0 Å². The summed E-state index contributed by atoms with van der Waals surface area (Å²) in [6, 6.07) is 9.49. The molecule has 0 aliphatic carbocycles. The molecule has 148 valence electrons. The van der Waals surface area contributed by atoms with Gasteiger partial charge in [-0.2, -0.15) is 0 Å². The summed E-state index contributed by atoms with van der Waals surface area (Å²) in [5.74, 6) is -0.846. The van der Waals surface area contributed by atoms with Crippen LogP contribution in [0.2, 0.25) is 0 Å². The molecule has 1 aliphatic rings. The fraction of sp³-hybridized carbons (Fsp3) is 0.364. The van der Waals surface area contributed by atoms with Gasteiger partial charge in [0, 0.05) is 29.9 Å². The summed E-state index contributed by atoms with van der Waals surface area (Å²) in [5.41, 5.74) is 1.82. The van der Waals surface area contributed by atoms with Crippen molar-refractivity contribution in [2.75, 3.05) is 19.0 Å². The number of benzene rings is 2. The molecule has 2 aromatic carbocycles. The summed E-state index contributed by atoms with van der Waals surface area (Å²) < 4.78 is 19.1. The lowest BCUT2D eigenvalue weighted by molar-refractivity contribution is 0.0635. The summed E-state index contributed by atoms with van der Waals surface area (Å²) in [4.78, 5) is 27.1. The molecule has 28 heavy (non-hydrogen) atoms. The number of likely N-dealkylation sites (tertiary alicyclic amines) is 1. The topological polar surface area (TPSA) is 58.6 Å². The lowest BCUT2D eigenvalue weighted by Gasteiger charge is -2.33. The first-order chi connectivity index (χ1) is 13.4. The Kier molecular flexibility index (Phi) is 5.97. The summed E-state index contributed by atoms with van der Waals surface area (Å²) in [7, 11) is 1.44. The zero-order chi connectivity index (χ0) is 20.3. The second-order valence-corrected chi connectivity index (χ2v) is 7.17. The fourth-order valence-electron chi connectivity index (χ4n) is 3.50. The van der Waals surface area contributed by atoms with E-state index in [0.717, 1.165) is 31.4 Å². The average Bonchev–Trinajstić information content (AvgIpc) is 2.69. The minimum Gasteiger partial charge on any atom is -0.497 e. The Morgan fingerprint density at radius 2 is 1.96 bits per heavy atom. The van der Waals surface area contributed by atoms with Crippen LogP contribution in [-0.2, 0) is 0 Å². The minimum absolute atomic E-state index is 0.00868. The van der Waals surface area contributed by atoms with Crippen LogP contribution in [0, 0.1) is 12.7 Å². The monoisotopic (exact) mass is 384 g/mol. The fourth-order valence-corrected chi connectivity index (χ4v) is 3.50. The predicted molar refractivity (Wildman–Crippen MR) is 106 cm³/mol. The van der Waals surface area contributed by atoms with Crippen LogP contribution in [0.15, 0.2) is 36.4 Å². The van der Waals surface area contributed by atoms with Crippen LogP contribution in [0.5, 0.6) is 5.75 Å². The Labute approximate surface area is 164 Å². The highest BCUT2D eigenvalue weighted by atomic mass is 19.1. The van der Waals surface area contributed by atoms with Crippen molar-refractivity contribution < 1.29 is 18.7 Å². The molecule has 5 nitrogen and oxygen atoms in total. The number of aryl methyl sites for hydroxylation is 1. The van der Waals surface area contributed by atoms with Gasteiger partial charge in [0.25, 0.3) is 11.8 Å². The molecule has 0 aromatic heterocycles. The van der Waals surface area contributed by atoms with Gasteiger partial charge in [0.1, 0.15) is 11.6 Å². The molecule has 6 heteroatoms. The molecule has 1 N–H and O–H groups in total. The Morgan fingerprint density at radius 3 is 2.61 bits per heavy atom. The van der Waals surface area contributed by atoms with Crippen molar-refractivity contribution in [3.8, 4) is 5.75 Å². The van der Waals surface area contributed by atoms with Gasteiger partial charge in [0.05, 0.1) is 12.7 Å². The molecule has 1 aliphatic heterocycles. The van der Waals surface area contributed by atoms with Crippen LogP contribution in [-0.4, -0.2) is 36.4 Å². The van der Waals surface area contributed by atoms with E-state index in [0.29, 0.717) is 17.0 Å². The summed E-state index contributed by atoms with van der Waals surface area (Å²) >= 11 is 0. The molecule has 1 saturated heterocycles. The van der Waals surface area contributed by atoms with Crippen LogP contribution >= 0.6 is 0 Å². The maximum Gasteiger partial charge on any atom is 0.258 e. The van der Waals surface area contributed by atoms with Gasteiger partial charge in [0.15, 0.2) is 0 Å². The number of halogens is 1. The highest BCUT2D eigenvalue weighted by Crippen LogP contribution is 2.23. The van der Waals surface area contributed by atoms with E-state index in [4.69, 9.17) is 4.74 Å². The Hall–Kier alpha value is -2.89. The van der Waals surface area contributed by atoms with E-state index in [1.165, 1.54) is 25.3 Å². The number of methoxy groups -OCH3 is 1. The van der Waals surface area contributed by atoms with Crippen molar-refractivity contribution in [2.45, 2.75) is 39.2 Å². The SMILES string of the molecule is COc1ccc(C(=O)Nc2ccc(C(=O)N3CCCCC3C)cc2C)c(F)c1. The van der Waals surface area contributed by atoms with Gasteiger partial charge in [-0.3, -0.25) is 9.59 Å². The van der Waals surface area contributed by atoms with Crippen LogP contribution in [0.3, 0.4) is 0 Å². The number of carbonyl (C=O) groups is 2. The molecule has 0 bridgehead atoms. The maximum atomic E-state index is 14.1. The van der Waals surface area contributed by atoms with Gasteiger partial charge in [-0.15, -0.1) is 0 Å². The van der Waals surface area contributed by atoms with E-state index in [1.54, 1.807) is 18.2 Å². The van der Waals surface area contributed by atoms with E-state index in [9.17, 15) is 14.0 Å². The summed E-state index contributed by atoms with van der Waals surface area (Å²) in [6.45, 7) is 4.66. The smallest absolute Gasteiger partial charge is 0.258 e. The number of ether oxygens (including phenoxy) is 1. The highest BCUT2D eigenvalue weighted by molar-refractivity contribution is 6.05. The van der Waals surface area contributed by atoms with E-state index < -0.39 is 11.7 Å². The number of carbonyl (C=O) groups excluding carboxylic acids is 2. The zero-order valence-corrected chi connectivity index (χ0v) is 16.4. The first-order valence-corrected chi connectivity index (χ1v) is 9.47. The van der Waals surface area contributed by atoms with Crippen LogP contribution in [0.25, 0.3) is 0 Å². The Bertz CT molecular complexity index is 897. The van der Waals surface area contributed by atoms with Crippen molar-refractivity contribution in [3.63, 3.8) is 0 Å². The number of hydrogen-bond acceptors (Lipinski definition) is 3. The zero-order valence-electron chi connectivity index (χ0n) is 16.4. The van der Waals surface area contributed by atoms with Gasteiger partial charge in [-0.05, 0) is 69.0 Å². The molecule has 1 fully saturated rings. The Balaban J connectivity index is 1.75. The second-order valence-electron chi connectivity index (χ2n) is 7.17. The molecule has 1 heterocycles. The van der Waals surface area contributed by atoms with Crippen LogP contribution in [0.4, 0.5) is 10.1 Å². The number of piperidine rings is 1. The number of hydrogen-bond donors (Lipinski definition) is 1. The second kappa shape index (κ2) is 8.42. The lowest BCUT2D eigenvalue weighted by Crippen LogP contribution is -2.42. The Morgan fingerprint density at radius 1 is 1.18 bits per heavy atom. The molecule has 0 spiro atoms. The number of nitrogens with one attached hydrogen (secondary N) is 1. The standard InChI is InChI=1S/C22H25FN2O3/c1-14-12-16(22(27)25-11-5-4-6-15(25)2)7-10-20(14)24-21(26)18-9-8-17(28-3)13-19(18)23/h7-10,12-13,15H,4-6,11H2,1-3H3,(H,24,26). The molecule has 2 aromatic rings. The molecular weight excluding hydrogens is 359 g/mol. The summed E-state index contributed by atoms with van der Waals surface area (Å²) in [6.07, 6.45) is 3.19. The van der Waals surface area contributed by atoms with Gasteiger partial charge in [-0.1, -0.05) is 0 Å². The highest BCUT2D eigenvalue weighted by Gasteiger charge is 2.24. The molecular formula is C22H25FN2O3. The van der Waals surface area contributed by atoms with Gasteiger partial charge < -0.3 is 15.0 Å². The van der Waals surface area contributed by atoms with E-state index in [2.05, 4.69) is 12.2 Å². The van der Waals surface area contributed by atoms with E-state index >= 15 is 0 Å². The largest absolute Gasteiger partial charge is 0.497 e. The quantitative estimate of drug-likeness (QED) is 0.849. The van der Waals surface area contributed by atoms with Crippen molar-refractivity contribution in [1.82, 2.24) is 4.90 Å². The van der Waals surface area contributed by atoms with Crippen LogP contribution < -0.4 is 10.1 Å². The number of rotatable bonds is 4. The normalized spacial score (nSPS) is 16.6. The van der Waals surface area contributed by atoms with E-state index in [-0.39, 0.29) is 17.5 Å². The van der Waals surface area contributed by atoms with Crippen molar-refractivity contribution >= 4 is 17.5 Å². The molecule has 0 saturated carbocycles. The van der Waals surface area contributed by atoms with Crippen LogP contribution in [0.1, 0.15) is 52.5 Å². The first kappa shape index (κ1) is 19.9. The van der Waals surface area contributed by atoms with Gasteiger partial charge >= 0.3 is 0 Å². The maximum absolute atomic E-state index is 14.1. The first-order valence-electron chi connectivity index (χ1n) is 9.47. The molecule has 2 amide bonds. The molecule has 1 atom stereocenters. The average molecular weight is 384 g/mol. The molecule has 0 radical (unpaired) electrons. The number of amides is 2. The van der Waals surface area contributed by atoms with Crippen molar-refractivity contribution in [3.05, 3.63) is 58.9 Å². The number of nitrogens with zero attached hydrogens (tertiary/aromatic N) is 1. The minimum atomic E-state index is -0.652. The molecule has 3 rings (SSSR count). The number of anilines is 1. The molecule has 1 unspecified atom stereocenters. The third kappa shape index (κ3) is 4.16. The van der Waals surface area contributed by atoms with Crippen molar-refractivity contribution in [1.29, 1.82) is 0 Å². The van der Waals surface area contributed by atoms with Gasteiger partial charge in [0.2, 0.25) is 0 Å². The third-order valence-corrected chi connectivity index (χ3v) is 5.21. The van der Waals surface area contributed by atoms with Gasteiger partial charge in [-0.25, -0.2) is 4.39 Å². The van der Waals surface area contributed by atoms with E-state index in [1.807, 2.05) is 11.8 Å². The summed E-state index contributed by atoms with van der Waals surface area (Å²) in [5, 5.41) is 2.71. The predicted octanol–water partition coefficient (Wildman–Crippen LogP) is 4.41. The lowest BCUT2D eigenvalue weighted by atomic mass is 10.0. The third-order valence-electron chi connectivity index (χ3n) is 5.21.